The van der Waals surface area contributed by atoms with Gasteiger partial charge in [0, 0.05) is 25.4 Å². The van der Waals surface area contributed by atoms with Crippen LogP contribution in [0.2, 0.25) is 0 Å². The van der Waals surface area contributed by atoms with Gasteiger partial charge in [-0.3, -0.25) is 4.79 Å². The van der Waals surface area contributed by atoms with Crippen LogP contribution in [-0.4, -0.2) is 29.8 Å². The number of hydrogen-bond acceptors (Lipinski definition) is 2. The van der Waals surface area contributed by atoms with Crippen molar-refractivity contribution in [1.82, 2.24) is 4.90 Å². The molecule has 0 amide bonds. The summed E-state index contributed by atoms with van der Waals surface area (Å²) in [5.41, 5.74) is 0. The normalized spacial score (nSPS) is 20.9. The van der Waals surface area contributed by atoms with Crippen LogP contribution in [0, 0.1) is 5.92 Å². The van der Waals surface area contributed by atoms with Gasteiger partial charge in [-0.05, 0) is 25.3 Å². The molecule has 1 fully saturated rings. The lowest BCUT2D eigenvalue weighted by Gasteiger charge is -2.34. The largest absolute Gasteiger partial charge is 0.300 e. The summed E-state index contributed by atoms with van der Waals surface area (Å²) in [6.07, 6.45) is 5.04. The Morgan fingerprint density at radius 2 is 1.93 bits per heavy atom. The highest BCUT2D eigenvalue weighted by Crippen LogP contribution is 2.21. The van der Waals surface area contributed by atoms with E-state index in [1.165, 1.54) is 13.0 Å². The molecule has 1 atom stereocenters. The summed E-state index contributed by atoms with van der Waals surface area (Å²) in [7, 11) is 0. The maximum Gasteiger partial charge on any atom is 0.133 e. The Kier molecular flexibility index (Phi) is 5.30. The predicted molar refractivity (Wildman–Crippen MR) is 64.0 cm³/mol. The van der Waals surface area contributed by atoms with E-state index in [1.807, 2.05) is 0 Å². The Morgan fingerprint density at radius 1 is 1.33 bits per heavy atom. The van der Waals surface area contributed by atoms with Crippen molar-refractivity contribution in [3.8, 4) is 0 Å². The van der Waals surface area contributed by atoms with Gasteiger partial charge in [0.15, 0.2) is 0 Å². The molecule has 0 N–H and O–H groups in total. The molecule has 15 heavy (non-hydrogen) atoms. The summed E-state index contributed by atoms with van der Waals surface area (Å²) in [5, 5.41) is 0. The van der Waals surface area contributed by atoms with Gasteiger partial charge in [-0.1, -0.05) is 27.2 Å². The van der Waals surface area contributed by atoms with E-state index in [4.69, 9.17) is 0 Å². The van der Waals surface area contributed by atoms with Crippen LogP contribution in [0.4, 0.5) is 0 Å². The molecule has 0 radical (unpaired) electrons. The van der Waals surface area contributed by atoms with E-state index in [-0.39, 0.29) is 0 Å². The molecule has 0 aromatic carbocycles. The van der Waals surface area contributed by atoms with Gasteiger partial charge in [0.25, 0.3) is 0 Å². The van der Waals surface area contributed by atoms with E-state index < -0.39 is 0 Å². The monoisotopic (exact) mass is 211 g/mol. The summed E-state index contributed by atoms with van der Waals surface area (Å²) < 4.78 is 0. The summed E-state index contributed by atoms with van der Waals surface area (Å²) in [6.45, 7) is 9.13. The van der Waals surface area contributed by atoms with Gasteiger partial charge in [-0.25, -0.2) is 0 Å². The zero-order valence-electron chi connectivity index (χ0n) is 10.5. The van der Waals surface area contributed by atoms with E-state index in [0.29, 0.717) is 11.8 Å². The molecule has 1 aliphatic rings. The predicted octanol–water partition coefficient (Wildman–Crippen LogP) is 2.87. The molecule has 2 nitrogen and oxygen atoms in total. The number of carbonyl (C=O) groups is 1. The molecule has 1 rings (SSSR count). The lowest BCUT2D eigenvalue weighted by molar-refractivity contribution is -0.121. The number of carbonyl (C=O) groups excluding carboxylic acids is 1. The summed E-state index contributed by atoms with van der Waals surface area (Å²) >= 11 is 0. The molecule has 0 aromatic heterocycles. The standard InChI is InChI=1S/C13H25NO/c1-4-11(3)10-14(5-2)12-6-8-13(15)9-7-12/h11-12H,4-10H2,1-3H3. The summed E-state index contributed by atoms with van der Waals surface area (Å²) in [5.74, 6) is 1.24. The Hall–Kier alpha value is -0.370. The molecular weight excluding hydrogens is 186 g/mol. The molecule has 1 unspecified atom stereocenters. The number of rotatable bonds is 5. The molecular formula is C13H25NO. The van der Waals surface area contributed by atoms with Crippen LogP contribution in [0.1, 0.15) is 52.9 Å². The quantitative estimate of drug-likeness (QED) is 0.697. The second kappa shape index (κ2) is 6.26. The van der Waals surface area contributed by atoms with Crippen molar-refractivity contribution in [2.24, 2.45) is 5.92 Å². The summed E-state index contributed by atoms with van der Waals surface area (Å²) in [4.78, 5) is 13.7. The topological polar surface area (TPSA) is 20.3 Å². The van der Waals surface area contributed by atoms with Crippen LogP contribution >= 0.6 is 0 Å². The fourth-order valence-corrected chi connectivity index (χ4v) is 2.36. The van der Waals surface area contributed by atoms with Crippen molar-refractivity contribution in [2.45, 2.75) is 58.9 Å². The van der Waals surface area contributed by atoms with Gasteiger partial charge in [0.2, 0.25) is 0 Å². The third-order valence-electron chi connectivity index (χ3n) is 3.68. The molecule has 1 aliphatic carbocycles. The molecule has 1 saturated carbocycles. The highest BCUT2D eigenvalue weighted by molar-refractivity contribution is 5.79. The average Bonchev–Trinajstić information content (AvgIpc) is 2.27. The minimum absolute atomic E-state index is 0.464. The van der Waals surface area contributed by atoms with Crippen molar-refractivity contribution < 1.29 is 4.79 Å². The second-order valence-electron chi connectivity index (χ2n) is 4.87. The van der Waals surface area contributed by atoms with Crippen LogP contribution in [0.3, 0.4) is 0 Å². The Balaban J connectivity index is 2.40. The number of ketones is 1. The fourth-order valence-electron chi connectivity index (χ4n) is 2.36. The zero-order valence-corrected chi connectivity index (χ0v) is 10.5. The van der Waals surface area contributed by atoms with Crippen molar-refractivity contribution in [3.63, 3.8) is 0 Å². The van der Waals surface area contributed by atoms with E-state index in [2.05, 4.69) is 25.7 Å². The summed E-state index contributed by atoms with van der Waals surface area (Å²) in [6, 6.07) is 0.668. The molecule has 0 heterocycles. The van der Waals surface area contributed by atoms with Gasteiger partial charge in [-0.2, -0.15) is 0 Å². The Bertz CT molecular complexity index is 193. The minimum atomic E-state index is 0.464. The van der Waals surface area contributed by atoms with E-state index >= 15 is 0 Å². The van der Waals surface area contributed by atoms with Gasteiger partial charge < -0.3 is 4.90 Å². The van der Waals surface area contributed by atoms with Gasteiger partial charge >= 0.3 is 0 Å². The minimum Gasteiger partial charge on any atom is -0.300 e. The van der Waals surface area contributed by atoms with Crippen LogP contribution in [0.5, 0.6) is 0 Å². The lowest BCUT2D eigenvalue weighted by atomic mass is 9.92. The maximum atomic E-state index is 11.2. The molecule has 0 bridgehead atoms. The number of hydrogen-bond donors (Lipinski definition) is 0. The smallest absolute Gasteiger partial charge is 0.133 e. The lowest BCUT2D eigenvalue weighted by Crippen LogP contribution is -2.40. The van der Waals surface area contributed by atoms with Crippen LogP contribution in [0.15, 0.2) is 0 Å². The molecule has 2 heteroatoms. The Labute approximate surface area is 94.0 Å². The third kappa shape index (κ3) is 3.94. The van der Waals surface area contributed by atoms with Crippen LogP contribution in [-0.2, 0) is 4.79 Å². The van der Waals surface area contributed by atoms with Crippen molar-refractivity contribution in [3.05, 3.63) is 0 Å². The zero-order chi connectivity index (χ0) is 11.3. The molecule has 0 saturated heterocycles. The fraction of sp³-hybridized carbons (Fsp3) is 0.923. The molecule has 0 spiro atoms. The van der Waals surface area contributed by atoms with Crippen LogP contribution in [0.25, 0.3) is 0 Å². The van der Waals surface area contributed by atoms with Crippen molar-refractivity contribution >= 4 is 5.78 Å². The van der Waals surface area contributed by atoms with Crippen LogP contribution < -0.4 is 0 Å². The first-order valence-corrected chi connectivity index (χ1v) is 6.43. The Morgan fingerprint density at radius 3 is 2.40 bits per heavy atom. The third-order valence-corrected chi connectivity index (χ3v) is 3.68. The molecule has 0 aliphatic heterocycles. The van der Waals surface area contributed by atoms with E-state index in [1.54, 1.807) is 0 Å². The SMILES string of the molecule is CCC(C)CN(CC)C1CCC(=O)CC1. The first kappa shape index (κ1) is 12.7. The maximum absolute atomic E-state index is 11.2. The number of Topliss-reactive ketones (excluding diaryl/α,β-unsaturated/α-hetero) is 1. The van der Waals surface area contributed by atoms with Gasteiger partial charge in [0.1, 0.15) is 5.78 Å². The van der Waals surface area contributed by atoms with Gasteiger partial charge in [-0.15, -0.1) is 0 Å². The van der Waals surface area contributed by atoms with Crippen molar-refractivity contribution in [1.29, 1.82) is 0 Å². The highest BCUT2D eigenvalue weighted by atomic mass is 16.1. The average molecular weight is 211 g/mol. The van der Waals surface area contributed by atoms with E-state index in [0.717, 1.165) is 38.1 Å². The molecule has 0 aromatic rings. The van der Waals surface area contributed by atoms with Crippen molar-refractivity contribution in [2.75, 3.05) is 13.1 Å². The van der Waals surface area contributed by atoms with Gasteiger partial charge in [0.05, 0.1) is 0 Å². The van der Waals surface area contributed by atoms with E-state index in [9.17, 15) is 4.79 Å². The number of nitrogens with zero attached hydrogens (tertiary/aromatic N) is 1. The first-order valence-electron chi connectivity index (χ1n) is 6.43. The molecule has 88 valence electrons. The first-order chi connectivity index (χ1) is 7.17. The second-order valence-corrected chi connectivity index (χ2v) is 4.87. The highest BCUT2D eigenvalue weighted by Gasteiger charge is 2.23.